The van der Waals surface area contributed by atoms with Gasteiger partial charge in [-0.1, -0.05) is 178 Å². The molecule has 0 atom stereocenters. The van der Waals surface area contributed by atoms with Crippen LogP contribution < -0.4 is 30.4 Å². The number of rotatable bonds is 6. The van der Waals surface area contributed by atoms with Crippen LogP contribution in [-0.4, -0.2) is 6.71 Å². The highest BCUT2D eigenvalue weighted by atomic mass is 32.1. The molecular formula is C66H64BN3S. The molecule has 1 aliphatic carbocycles. The maximum atomic E-state index is 10.6. The second-order valence-corrected chi connectivity index (χ2v) is 22.9. The Morgan fingerprint density at radius 2 is 1.10 bits per heavy atom. The van der Waals surface area contributed by atoms with Crippen LogP contribution in [0.2, 0.25) is 0 Å². The second-order valence-electron chi connectivity index (χ2n) is 21.8. The topological polar surface area (TPSA) is 9.72 Å². The Morgan fingerprint density at radius 3 is 1.70 bits per heavy atom. The summed E-state index contributed by atoms with van der Waals surface area (Å²) in [7, 11) is 0. The van der Waals surface area contributed by atoms with Gasteiger partial charge in [-0.15, -0.1) is 11.3 Å². The summed E-state index contributed by atoms with van der Waals surface area (Å²) >= 11 is 1.05. The minimum absolute atomic E-state index is 0.0197. The molecule has 1 aromatic heterocycles. The van der Waals surface area contributed by atoms with Gasteiger partial charge < -0.3 is 14.7 Å². The molecule has 3 heterocycles. The van der Waals surface area contributed by atoms with E-state index < -0.39 is 213 Å². The molecule has 8 aromatic carbocycles. The van der Waals surface area contributed by atoms with Crippen molar-refractivity contribution in [2.75, 3.05) is 14.7 Å². The lowest BCUT2D eigenvalue weighted by Gasteiger charge is -2.47. The maximum Gasteiger partial charge on any atom is 0.264 e. The molecule has 5 heteroatoms. The van der Waals surface area contributed by atoms with Crippen molar-refractivity contribution in [3.63, 3.8) is 0 Å². The number of anilines is 9. The predicted molar refractivity (Wildman–Crippen MR) is 309 cm³/mol. The van der Waals surface area contributed by atoms with Gasteiger partial charge in [-0.2, -0.15) is 0 Å². The molecule has 0 radical (unpaired) electrons. The van der Waals surface area contributed by atoms with Crippen molar-refractivity contribution >= 4 is 95.0 Å². The van der Waals surface area contributed by atoms with Crippen LogP contribution in [0.1, 0.15) is 139 Å². The van der Waals surface area contributed by atoms with E-state index in [0.717, 1.165) is 27.4 Å². The van der Waals surface area contributed by atoms with Crippen molar-refractivity contribution in [1.82, 2.24) is 0 Å². The summed E-state index contributed by atoms with van der Waals surface area (Å²) in [6.45, 7) is 17.4. The smallest absolute Gasteiger partial charge is 0.264 e. The average Bonchev–Trinajstić information content (AvgIpc) is 1.08. The summed E-state index contributed by atoms with van der Waals surface area (Å²) in [6.07, 6.45) is 1.32. The highest BCUT2D eigenvalue weighted by Crippen LogP contribution is 2.54. The fraction of sp³-hybridized carbons (Fsp3) is 0.242. The van der Waals surface area contributed by atoms with Gasteiger partial charge >= 0.3 is 0 Å². The summed E-state index contributed by atoms with van der Waals surface area (Å²) < 4.78 is 238. The average molecular weight is 967 g/mol. The van der Waals surface area contributed by atoms with Crippen molar-refractivity contribution in [3.8, 4) is 11.1 Å². The van der Waals surface area contributed by atoms with Crippen molar-refractivity contribution in [2.24, 2.45) is 0 Å². The molecule has 2 aliphatic heterocycles. The van der Waals surface area contributed by atoms with E-state index in [-0.39, 0.29) is 55.5 Å². The van der Waals surface area contributed by atoms with Crippen LogP contribution in [0, 0.1) is 0 Å². The molecular weight excluding hydrogens is 878 g/mol. The third kappa shape index (κ3) is 7.45. The quantitative estimate of drug-likeness (QED) is 0.154. The third-order valence-corrected chi connectivity index (χ3v) is 15.3. The molecule has 0 bridgehead atoms. The van der Waals surface area contributed by atoms with Crippen LogP contribution in [0.4, 0.5) is 51.2 Å². The molecule has 3 aliphatic rings. The number of nitrogens with zero attached hydrogens (tertiary/aromatic N) is 3. The molecule has 12 rings (SSSR count). The monoisotopic (exact) mass is 967 g/mol. The lowest BCUT2D eigenvalue weighted by Crippen LogP contribution is -2.61. The Morgan fingerprint density at radius 1 is 0.549 bits per heavy atom. The van der Waals surface area contributed by atoms with E-state index in [9.17, 15) is 20.6 Å². The SMILES string of the molecule is [2H]c1cc2c3c(sc2c([2H])c1[2H])B1c2cc4c(cc2N(c2c([2H])c([2H])c(C(C)(C)C)c([2H])c2-c2c([2H])c([2H])c([2H])c([2H])c2[2H])c2cc(N(c5c([2H])c([2H])c([2H])c([2H])c5[2H])c5c([2H])c([2H])c([2H])c([2H])c5[2H])cc(c21)N3c1c([2H])c([2H])c(C(C)(C)C)c([2H])c1[2H])C(C)(C)CCC4(C)C. The van der Waals surface area contributed by atoms with Crippen LogP contribution in [0.5, 0.6) is 0 Å². The largest absolute Gasteiger partial charge is 0.311 e. The maximum absolute atomic E-state index is 10.6. The number of fused-ring (bicyclic) bond motifs is 7. The number of hydrogen-bond donors (Lipinski definition) is 0. The minimum Gasteiger partial charge on any atom is -0.311 e. The number of para-hydroxylation sites is 2. The van der Waals surface area contributed by atoms with Gasteiger partial charge in [-0.25, -0.2) is 0 Å². The van der Waals surface area contributed by atoms with Gasteiger partial charge in [-0.3, -0.25) is 0 Å². The molecule has 0 saturated carbocycles. The number of hydrogen-bond acceptors (Lipinski definition) is 4. The lowest BCUT2D eigenvalue weighted by atomic mass is 9.35. The van der Waals surface area contributed by atoms with E-state index in [0.29, 0.717) is 23.1 Å². The molecule has 0 N–H and O–H groups in total. The summed E-state index contributed by atoms with van der Waals surface area (Å²) in [6, 6.07) is -10.1. The van der Waals surface area contributed by atoms with Gasteiger partial charge in [0.1, 0.15) is 0 Å². The molecule has 0 unspecified atom stereocenters. The Bertz CT molecular complexity index is 4840. The lowest BCUT2D eigenvalue weighted by molar-refractivity contribution is 0.332. The van der Waals surface area contributed by atoms with Gasteiger partial charge in [0, 0.05) is 54.6 Å². The second kappa shape index (κ2) is 16.4. The Hall–Kier alpha value is -6.82. The Labute approximate surface area is 461 Å². The zero-order chi connectivity index (χ0) is 70.9. The van der Waals surface area contributed by atoms with Gasteiger partial charge in [-0.05, 0) is 146 Å². The molecule has 352 valence electrons. The molecule has 0 amide bonds. The summed E-state index contributed by atoms with van der Waals surface area (Å²) in [5, 5.41) is 0.138. The van der Waals surface area contributed by atoms with Crippen molar-refractivity contribution in [3.05, 3.63) is 204 Å². The fourth-order valence-electron chi connectivity index (χ4n) is 10.3. The standard InChI is InChI=1S/C66H64BN3S/c1-63(2,3)44-30-33-48(34-31-44)69-57-39-49(68(46-24-16-12-17-25-46)47-26-18-13-19-27-47)40-58-60(57)67(62-61(69)50-28-20-21-29-59(50)71-62)54-41-52-53(66(9,10)37-36-65(52,7)8)42-56(54)70(58)55-35-32-45(64(4,5)6)38-51(55)43-22-14-11-15-23-43/h11-35,38-42H,36-37H2,1-10H3/i11D,12D,13D,14D,15D,16D,17D,18D,19D,20D,21D,22D,23D,24D,25D,26D,27D,29D,30D,31D,32D,33D,34D,35D,38D. The zero-order valence-electron chi connectivity index (χ0n) is 66.1. The number of thiophene rings is 1. The van der Waals surface area contributed by atoms with Crippen molar-refractivity contribution < 1.29 is 34.3 Å². The first kappa shape index (κ1) is 25.5. The van der Waals surface area contributed by atoms with Crippen LogP contribution in [0.3, 0.4) is 0 Å². The van der Waals surface area contributed by atoms with Crippen LogP contribution in [-0.2, 0) is 21.7 Å². The van der Waals surface area contributed by atoms with E-state index in [1.165, 1.54) is 28.0 Å². The zero-order valence-corrected chi connectivity index (χ0v) is 41.9. The summed E-state index contributed by atoms with van der Waals surface area (Å²) in [4.78, 5) is 3.76. The van der Waals surface area contributed by atoms with E-state index in [1.54, 1.807) is 41.5 Å². The van der Waals surface area contributed by atoms with Crippen LogP contribution in [0.15, 0.2) is 181 Å². The van der Waals surface area contributed by atoms with Crippen molar-refractivity contribution in [2.45, 2.75) is 104 Å². The van der Waals surface area contributed by atoms with E-state index in [4.69, 9.17) is 13.7 Å². The van der Waals surface area contributed by atoms with Gasteiger partial charge in [0.25, 0.3) is 6.71 Å². The number of benzene rings is 8. The summed E-state index contributed by atoms with van der Waals surface area (Å²) in [5.74, 6) is 0. The fourth-order valence-corrected chi connectivity index (χ4v) is 11.5. The van der Waals surface area contributed by atoms with Crippen LogP contribution in [0.25, 0.3) is 21.2 Å². The molecule has 9 aromatic rings. The first-order valence-corrected chi connectivity index (χ1v) is 24.4. The van der Waals surface area contributed by atoms with Gasteiger partial charge in [0.15, 0.2) is 0 Å². The summed E-state index contributed by atoms with van der Waals surface area (Å²) in [5.41, 5.74) is -4.86. The Kier molecular flexibility index (Phi) is 5.88. The van der Waals surface area contributed by atoms with Crippen molar-refractivity contribution in [1.29, 1.82) is 0 Å². The molecule has 0 fully saturated rings. The Balaban J connectivity index is 1.43. The minimum atomic E-state index is -1.15. The van der Waals surface area contributed by atoms with Gasteiger partial charge in [0.05, 0.1) is 51.3 Å². The molecule has 0 spiro atoms. The van der Waals surface area contributed by atoms with E-state index >= 15 is 0 Å². The first-order chi connectivity index (χ1) is 44.4. The van der Waals surface area contributed by atoms with E-state index in [2.05, 4.69) is 27.7 Å². The highest BCUT2D eigenvalue weighted by molar-refractivity contribution is 7.33. The van der Waals surface area contributed by atoms with Gasteiger partial charge in [0.2, 0.25) is 0 Å². The molecule has 0 saturated heterocycles. The first-order valence-electron chi connectivity index (χ1n) is 36.1. The predicted octanol–water partition coefficient (Wildman–Crippen LogP) is 17.1. The third-order valence-electron chi connectivity index (χ3n) is 14.1. The molecule has 3 nitrogen and oxygen atoms in total. The normalized spacial score (nSPS) is 20.4. The highest BCUT2D eigenvalue weighted by Gasteiger charge is 2.48. The molecule has 71 heavy (non-hydrogen) atoms. The van der Waals surface area contributed by atoms with Crippen LogP contribution >= 0.6 is 11.3 Å². The van der Waals surface area contributed by atoms with E-state index in [1.807, 2.05) is 12.1 Å².